The highest BCUT2D eigenvalue weighted by atomic mass is 16.5. The van der Waals surface area contributed by atoms with Gasteiger partial charge in [0.1, 0.15) is 6.61 Å². The molecular formula is C21H24N2O3. The number of amides is 2. The first-order valence-corrected chi connectivity index (χ1v) is 8.72. The molecule has 0 aromatic heterocycles. The fourth-order valence-electron chi connectivity index (χ4n) is 3.67. The van der Waals surface area contributed by atoms with Crippen LogP contribution in [0.2, 0.25) is 0 Å². The summed E-state index contributed by atoms with van der Waals surface area (Å²) in [5, 5.41) is 2.99. The Morgan fingerprint density at radius 2 is 1.81 bits per heavy atom. The lowest BCUT2D eigenvalue weighted by molar-refractivity contribution is -0.122. The summed E-state index contributed by atoms with van der Waals surface area (Å²) in [7, 11) is 1.52. The van der Waals surface area contributed by atoms with Gasteiger partial charge in [-0.15, -0.1) is 0 Å². The first kappa shape index (κ1) is 18.1. The summed E-state index contributed by atoms with van der Waals surface area (Å²) in [5.41, 5.74) is 6.50. The minimum Gasteiger partial charge on any atom is -0.375 e. The molecule has 0 radical (unpaired) electrons. The molecule has 1 aliphatic heterocycles. The molecule has 0 bridgehead atoms. The number of aryl methyl sites for hydroxylation is 3. The molecule has 26 heavy (non-hydrogen) atoms. The summed E-state index contributed by atoms with van der Waals surface area (Å²) in [6.07, 6.45) is 0.775. The van der Waals surface area contributed by atoms with E-state index in [2.05, 4.69) is 5.32 Å². The minimum absolute atomic E-state index is 0.0473. The predicted octanol–water partition coefficient (Wildman–Crippen LogP) is 3.40. The smallest absolute Gasteiger partial charge is 0.256 e. The van der Waals surface area contributed by atoms with Gasteiger partial charge in [0.05, 0.1) is 0 Å². The number of rotatable bonds is 4. The van der Waals surface area contributed by atoms with E-state index < -0.39 is 0 Å². The van der Waals surface area contributed by atoms with Crippen LogP contribution in [-0.4, -0.2) is 32.1 Å². The quantitative estimate of drug-likeness (QED) is 0.917. The average molecular weight is 352 g/mol. The lowest BCUT2D eigenvalue weighted by atomic mass is 9.99. The van der Waals surface area contributed by atoms with Crippen LogP contribution in [0, 0.1) is 20.8 Å². The summed E-state index contributed by atoms with van der Waals surface area (Å²) in [6.45, 7) is 6.65. The van der Waals surface area contributed by atoms with E-state index in [0.717, 1.165) is 40.0 Å². The van der Waals surface area contributed by atoms with E-state index in [-0.39, 0.29) is 18.4 Å². The van der Waals surface area contributed by atoms with Crippen molar-refractivity contribution in [2.45, 2.75) is 27.2 Å². The topological polar surface area (TPSA) is 58.6 Å². The van der Waals surface area contributed by atoms with Crippen molar-refractivity contribution < 1.29 is 14.3 Å². The summed E-state index contributed by atoms with van der Waals surface area (Å²) in [4.78, 5) is 26.6. The molecule has 5 heteroatoms. The molecule has 0 unspecified atom stereocenters. The summed E-state index contributed by atoms with van der Waals surface area (Å²) >= 11 is 0. The van der Waals surface area contributed by atoms with Crippen molar-refractivity contribution in [3.8, 4) is 0 Å². The van der Waals surface area contributed by atoms with Gasteiger partial charge in [-0.1, -0.05) is 17.7 Å². The van der Waals surface area contributed by atoms with E-state index in [0.29, 0.717) is 12.1 Å². The molecule has 1 aliphatic rings. The Balaban J connectivity index is 1.81. The largest absolute Gasteiger partial charge is 0.375 e. The zero-order valence-corrected chi connectivity index (χ0v) is 15.7. The SMILES string of the molecule is COCC(=O)N1CCc2cc(NC(=O)c3c(C)cc(C)cc3C)ccc21. The number of fused-ring (bicyclic) bond motifs is 1. The Morgan fingerprint density at radius 3 is 2.46 bits per heavy atom. The Labute approximate surface area is 154 Å². The van der Waals surface area contributed by atoms with Crippen LogP contribution >= 0.6 is 0 Å². The van der Waals surface area contributed by atoms with Crippen LogP contribution in [0.5, 0.6) is 0 Å². The minimum atomic E-state index is -0.106. The molecule has 1 N–H and O–H groups in total. The van der Waals surface area contributed by atoms with E-state index in [1.807, 2.05) is 51.1 Å². The molecule has 2 amide bonds. The zero-order chi connectivity index (χ0) is 18.8. The molecule has 5 nitrogen and oxygen atoms in total. The van der Waals surface area contributed by atoms with Gasteiger partial charge >= 0.3 is 0 Å². The van der Waals surface area contributed by atoms with Crippen molar-refractivity contribution >= 4 is 23.2 Å². The standard InChI is InChI=1S/C21H24N2O3/c1-13-9-14(2)20(15(3)10-13)21(25)22-17-5-6-18-16(11-17)7-8-23(18)19(24)12-26-4/h5-6,9-11H,7-8,12H2,1-4H3,(H,22,25). The molecule has 0 atom stereocenters. The molecule has 0 saturated heterocycles. The number of anilines is 2. The van der Waals surface area contributed by atoms with E-state index in [9.17, 15) is 9.59 Å². The molecule has 3 rings (SSSR count). The Kier molecular flexibility index (Phi) is 5.09. The fraction of sp³-hybridized carbons (Fsp3) is 0.333. The van der Waals surface area contributed by atoms with Crippen LogP contribution in [0.3, 0.4) is 0 Å². The Hall–Kier alpha value is -2.66. The summed E-state index contributed by atoms with van der Waals surface area (Å²) < 4.78 is 4.94. The van der Waals surface area contributed by atoms with Gasteiger partial charge in [-0.05, 0) is 62.1 Å². The lowest BCUT2D eigenvalue weighted by Gasteiger charge is -2.17. The molecule has 0 fully saturated rings. The van der Waals surface area contributed by atoms with Crippen molar-refractivity contribution in [3.05, 3.63) is 58.1 Å². The molecule has 0 aliphatic carbocycles. The van der Waals surface area contributed by atoms with Gasteiger partial charge in [-0.3, -0.25) is 9.59 Å². The van der Waals surface area contributed by atoms with Gasteiger partial charge in [0.25, 0.3) is 11.8 Å². The number of hydrogen-bond acceptors (Lipinski definition) is 3. The average Bonchev–Trinajstić information content (AvgIpc) is 2.97. The molecule has 0 saturated carbocycles. The maximum absolute atomic E-state index is 12.7. The van der Waals surface area contributed by atoms with E-state index in [1.54, 1.807) is 4.90 Å². The van der Waals surface area contributed by atoms with Crippen LogP contribution in [0.25, 0.3) is 0 Å². The highest BCUT2D eigenvalue weighted by molar-refractivity contribution is 6.06. The van der Waals surface area contributed by atoms with Crippen molar-refractivity contribution in [2.75, 3.05) is 30.5 Å². The number of carbonyl (C=O) groups is 2. The van der Waals surface area contributed by atoms with E-state index in [1.165, 1.54) is 7.11 Å². The third-order valence-corrected chi connectivity index (χ3v) is 4.71. The first-order valence-electron chi connectivity index (χ1n) is 8.72. The second-order valence-corrected chi connectivity index (χ2v) is 6.80. The fourth-order valence-corrected chi connectivity index (χ4v) is 3.67. The van der Waals surface area contributed by atoms with Gasteiger partial charge < -0.3 is 15.0 Å². The van der Waals surface area contributed by atoms with E-state index >= 15 is 0 Å². The summed E-state index contributed by atoms with van der Waals surface area (Å²) in [5.74, 6) is -0.154. The van der Waals surface area contributed by atoms with Crippen molar-refractivity contribution in [3.63, 3.8) is 0 Å². The Morgan fingerprint density at radius 1 is 1.12 bits per heavy atom. The normalized spacial score (nSPS) is 12.8. The number of hydrogen-bond donors (Lipinski definition) is 1. The number of benzene rings is 2. The molecule has 1 heterocycles. The molecule has 136 valence electrons. The predicted molar refractivity (Wildman–Crippen MR) is 103 cm³/mol. The van der Waals surface area contributed by atoms with Gasteiger partial charge in [-0.2, -0.15) is 0 Å². The second kappa shape index (κ2) is 7.30. The monoisotopic (exact) mass is 352 g/mol. The zero-order valence-electron chi connectivity index (χ0n) is 15.7. The van der Waals surface area contributed by atoms with Crippen LogP contribution in [0.1, 0.15) is 32.6 Å². The van der Waals surface area contributed by atoms with Crippen molar-refractivity contribution in [1.29, 1.82) is 0 Å². The number of methoxy groups -OCH3 is 1. The molecule has 2 aromatic carbocycles. The van der Waals surface area contributed by atoms with Crippen LogP contribution in [0.15, 0.2) is 30.3 Å². The van der Waals surface area contributed by atoms with Gasteiger partial charge in [0.15, 0.2) is 0 Å². The number of ether oxygens (including phenoxy) is 1. The molecular weight excluding hydrogens is 328 g/mol. The van der Waals surface area contributed by atoms with Crippen LogP contribution < -0.4 is 10.2 Å². The Bertz CT molecular complexity index is 851. The summed E-state index contributed by atoms with van der Waals surface area (Å²) in [6, 6.07) is 9.72. The van der Waals surface area contributed by atoms with Crippen LogP contribution in [0.4, 0.5) is 11.4 Å². The van der Waals surface area contributed by atoms with Crippen molar-refractivity contribution in [1.82, 2.24) is 0 Å². The second-order valence-electron chi connectivity index (χ2n) is 6.80. The number of nitrogens with zero attached hydrogens (tertiary/aromatic N) is 1. The highest BCUT2D eigenvalue weighted by Crippen LogP contribution is 2.31. The number of nitrogens with one attached hydrogen (secondary N) is 1. The van der Waals surface area contributed by atoms with Crippen LogP contribution in [-0.2, 0) is 16.0 Å². The maximum atomic E-state index is 12.7. The molecule has 0 spiro atoms. The third kappa shape index (κ3) is 3.48. The van der Waals surface area contributed by atoms with Crippen molar-refractivity contribution in [2.24, 2.45) is 0 Å². The lowest BCUT2D eigenvalue weighted by Crippen LogP contribution is -2.31. The third-order valence-electron chi connectivity index (χ3n) is 4.71. The maximum Gasteiger partial charge on any atom is 0.256 e. The van der Waals surface area contributed by atoms with E-state index in [4.69, 9.17) is 4.74 Å². The van der Waals surface area contributed by atoms with Gasteiger partial charge in [-0.25, -0.2) is 0 Å². The first-order chi connectivity index (χ1) is 12.4. The van der Waals surface area contributed by atoms with Gasteiger partial charge in [0.2, 0.25) is 0 Å². The number of carbonyl (C=O) groups excluding carboxylic acids is 2. The molecule has 2 aromatic rings. The highest BCUT2D eigenvalue weighted by Gasteiger charge is 2.25. The van der Waals surface area contributed by atoms with Gasteiger partial charge in [0, 0.05) is 30.6 Å².